The molecule has 10 rings (SSSR count). The second-order valence-electron chi connectivity index (χ2n) is 13.6. The van der Waals surface area contributed by atoms with E-state index in [4.69, 9.17) is 0 Å². The first-order chi connectivity index (χ1) is 25.8. The summed E-state index contributed by atoms with van der Waals surface area (Å²) in [5, 5.41) is 10.1. The van der Waals surface area contributed by atoms with Crippen molar-refractivity contribution >= 4 is 43.1 Å². The van der Waals surface area contributed by atoms with E-state index in [9.17, 15) is 0 Å². The second-order valence-corrected chi connectivity index (χ2v) is 13.6. The number of rotatable bonds is 5. The summed E-state index contributed by atoms with van der Waals surface area (Å²) in [6.07, 6.45) is 0. The van der Waals surface area contributed by atoms with Crippen molar-refractivity contribution in [1.29, 1.82) is 0 Å². The predicted molar refractivity (Wildman–Crippen MR) is 224 cm³/mol. The third kappa shape index (κ3) is 5.08. The van der Waals surface area contributed by atoms with Gasteiger partial charge in [-0.25, -0.2) is 0 Å². The van der Waals surface area contributed by atoms with Gasteiger partial charge in [0.15, 0.2) is 0 Å². The van der Waals surface area contributed by atoms with Crippen molar-refractivity contribution < 1.29 is 0 Å². The minimum Gasteiger partial charge on any atom is -0.0616 e. The summed E-state index contributed by atoms with van der Waals surface area (Å²) in [6, 6.07) is 75.5. The molecule has 0 saturated carbocycles. The third-order valence-corrected chi connectivity index (χ3v) is 10.7. The zero-order valence-electron chi connectivity index (χ0n) is 28.6. The molecule has 0 nitrogen and oxygen atoms in total. The van der Waals surface area contributed by atoms with Gasteiger partial charge in [-0.3, -0.25) is 0 Å². The first-order valence-electron chi connectivity index (χ1n) is 18.0. The van der Waals surface area contributed by atoms with Crippen LogP contribution in [0, 0.1) is 0 Å². The number of fused-ring (bicyclic) bond motifs is 4. The van der Waals surface area contributed by atoms with Crippen molar-refractivity contribution in [1.82, 2.24) is 0 Å². The van der Waals surface area contributed by atoms with Gasteiger partial charge in [-0.05, 0) is 98.7 Å². The van der Waals surface area contributed by atoms with Crippen LogP contribution in [-0.2, 0) is 0 Å². The Bertz CT molecular complexity index is 2710. The second kappa shape index (κ2) is 12.5. The highest BCUT2D eigenvalue weighted by Gasteiger charge is 2.16. The molecule has 0 aliphatic carbocycles. The largest absolute Gasteiger partial charge is 0.0616 e. The lowest BCUT2D eigenvalue weighted by molar-refractivity contribution is 1.58. The lowest BCUT2D eigenvalue weighted by Gasteiger charge is -2.17. The highest BCUT2D eigenvalue weighted by molar-refractivity contribution is 6.12. The van der Waals surface area contributed by atoms with E-state index >= 15 is 0 Å². The Balaban J connectivity index is 1.05. The zero-order valence-corrected chi connectivity index (χ0v) is 28.6. The lowest BCUT2D eigenvalue weighted by atomic mass is 9.86. The van der Waals surface area contributed by atoms with E-state index in [1.54, 1.807) is 0 Å². The SMILES string of the molecule is c1ccc2c(-c3c(-c4ccc(-c5ccc(-c6ccc7ccccc7c6-c6cccc7ccccc67)cc5)cc4)ccc4ccccc34)cccc2c1. The first-order valence-corrected chi connectivity index (χ1v) is 18.0. The first kappa shape index (κ1) is 30.1. The molecular formula is C52H34. The topological polar surface area (TPSA) is 0 Å². The van der Waals surface area contributed by atoms with Crippen LogP contribution in [0.3, 0.4) is 0 Å². The van der Waals surface area contributed by atoms with Gasteiger partial charge in [-0.1, -0.05) is 206 Å². The summed E-state index contributed by atoms with van der Waals surface area (Å²) in [6.45, 7) is 0. The molecule has 0 unspecified atom stereocenters. The normalized spacial score (nSPS) is 11.5. The van der Waals surface area contributed by atoms with Gasteiger partial charge in [-0.15, -0.1) is 0 Å². The average Bonchev–Trinajstić information content (AvgIpc) is 3.22. The van der Waals surface area contributed by atoms with Crippen LogP contribution >= 0.6 is 0 Å². The Kier molecular flexibility index (Phi) is 7.25. The van der Waals surface area contributed by atoms with E-state index in [0.29, 0.717) is 0 Å². The van der Waals surface area contributed by atoms with E-state index in [1.807, 2.05) is 0 Å². The summed E-state index contributed by atoms with van der Waals surface area (Å²) in [7, 11) is 0. The third-order valence-electron chi connectivity index (χ3n) is 10.7. The fourth-order valence-corrected chi connectivity index (χ4v) is 8.18. The summed E-state index contributed by atoms with van der Waals surface area (Å²) in [4.78, 5) is 0. The molecule has 242 valence electrons. The molecule has 0 radical (unpaired) electrons. The van der Waals surface area contributed by atoms with Gasteiger partial charge in [-0.2, -0.15) is 0 Å². The van der Waals surface area contributed by atoms with Crippen molar-refractivity contribution in [3.63, 3.8) is 0 Å². The fraction of sp³-hybridized carbons (Fsp3) is 0. The van der Waals surface area contributed by atoms with E-state index in [-0.39, 0.29) is 0 Å². The molecule has 10 aromatic rings. The number of hydrogen-bond acceptors (Lipinski definition) is 0. The minimum atomic E-state index is 1.20. The van der Waals surface area contributed by atoms with Crippen LogP contribution < -0.4 is 0 Å². The molecule has 0 aromatic heterocycles. The molecule has 10 aromatic carbocycles. The Hall–Kier alpha value is -6.76. The fourth-order valence-electron chi connectivity index (χ4n) is 8.18. The Morgan fingerprint density at radius 3 is 0.885 bits per heavy atom. The molecule has 0 spiro atoms. The predicted octanol–water partition coefficient (Wildman–Crippen LogP) is 14.6. The van der Waals surface area contributed by atoms with Crippen LogP contribution in [0.4, 0.5) is 0 Å². The standard InChI is InChI=1S/C52H34/c1-5-17-43-37(11-1)15-9-21-49(43)51-45-19-7-3-13-39(45)31-33-47(51)41-27-23-35(24-28-41)36-25-29-42(30-26-36)48-34-32-40-14-4-8-20-46(40)52(48)50-22-10-16-38-12-2-6-18-44(38)50/h1-34H. The monoisotopic (exact) mass is 658 g/mol. The number of hydrogen-bond donors (Lipinski definition) is 0. The molecule has 0 saturated heterocycles. The maximum absolute atomic E-state index is 2.29. The summed E-state index contributed by atoms with van der Waals surface area (Å²) < 4.78 is 0. The highest BCUT2D eigenvalue weighted by atomic mass is 14.2. The maximum atomic E-state index is 2.29. The Labute approximate surface area is 303 Å². The molecule has 0 atom stereocenters. The summed E-state index contributed by atoms with van der Waals surface area (Å²) in [5.74, 6) is 0. The van der Waals surface area contributed by atoms with Gasteiger partial charge in [0.05, 0.1) is 0 Å². The molecule has 0 heteroatoms. The average molecular weight is 659 g/mol. The van der Waals surface area contributed by atoms with Crippen LogP contribution in [0.25, 0.3) is 98.7 Å². The van der Waals surface area contributed by atoms with Crippen LogP contribution in [0.2, 0.25) is 0 Å². The lowest BCUT2D eigenvalue weighted by Crippen LogP contribution is -1.90. The van der Waals surface area contributed by atoms with Crippen LogP contribution in [0.5, 0.6) is 0 Å². The van der Waals surface area contributed by atoms with Crippen LogP contribution in [-0.4, -0.2) is 0 Å². The van der Waals surface area contributed by atoms with Crippen LogP contribution in [0.15, 0.2) is 206 Å². The van der Waals surface area contributed by atoms with Gasteiger partial charge in [0.25, 0.3) is 0 Å². The molecule has 0 heterocycles. The van der Waals surface area contributed by atoms with E-state index in [1.165, 1.54) is 98.7 Å². The zero-order chi connectivity index (χ0) is 34.4. The highest BCUT2D eigenvalue weighted by Crippen LogP contribution is 2.43. The van der Waals surface area contributed by atoms with E-state index in [2.05, 4.69) is 206 Å². The molecule has 0 amide bonds. The van der Waals surface area contributed by atoms with Gasteiger partial charge in [0.2, 0.25) is 0 Å². The molecule has 52 heavy (non-hydrogen) atoms. The Morgan fingerprint density at radius 2 is 0.481 bits per heavy atom. The smallest absolute Gasteiger partial charge is 0.00206 e. The van der Waals surface area contributed by atoms with E-state index < -0.39 is 0 Å². The molecular weight excluding hydrogens is 625 g/mol. The van der Waals surface area contributed by atoms with Crippen molar-refractivity contribution in [3.8, 4) is 55.6 Å². The van der Waals surface area contributed by atoms with Gasteiger partial charge >= 0.3 is 0 Å². The van der Waals surface area contributed by atoms with Crippen molar-refractivity contribution in [3.05, 3.63) is 206 Å². The van der Waals surface area contributed by atoms with Crippen LogP contribution in [0.1, 0.15) is 0 Å². The van der Waals surface area contributed by atoms with Gasteiger partial charge in [0.1, 0.15) is 0 Å². The van der Waals surface area contributed by atoms with E-state index in [0.717, 1.165) is 0 Å². The van der Waals surface area contributed by atoms with Crippen molar-refractivity contribution in [2.24, 2.45) is 0 Å². The maximum Gasteiger partial charge on any atom is -0.00206 e. The Morgan fingerprint density at radius 1 is 0.173 bits per heavy atom. The summed E-state index contributed by atoms with van der Waals surface area (Å²) >= 11 is 0. The van der Waals surface area contributed by atoms with Crippen molar-refractivity contribution in [2.45, 2.75) is 0 Å². The summed E-state index contributed by atoms with van der Waals surface area (Å²) in [5.41, 5.74) is 12.4. The molecule has 0 N–H and O–H groups in total. The molecule has 0 fully saturated rings. The molecule has 0 aliphatic heterocycles. The number of benzene rings is 10. The molecule has 0 bridgehead atoms. The van der Waals surface area contributed by atoms with Crippen molar-refractivity contribution in [2.75, 3.05) is 0 Å². The minimum absolute atomic E-state index is 1.20. The van der Waals surface area contributed by atoms with Gasteiger partial charge < -0.3 is 0 Å². The van der Waals surface area contributed by atoms with Gasteiger partial charge in [0, 0.05) is 0 Å². The quantitative estimate of drug-likeness (QED) is 0.173. The molecule has 0 aliphatic rings.